The van der Waals surface area contributed by atoms with Gasteiger partial charge in [0.05, 0.1) is 0 Å². The minimum atomic E-state index is -0.282. The summed E-state index contributed by atoms with van der Waals surface area (Å²) < 4.78 is 10.8. The lowest BCUT2D eigenvalue weighted by Crippen LogP contribution is -1.95. The van der Waals surface area contributed by atoms with Crippen molar-refractivity contribution in [2.75, 3.05) is 0 Å². The summed E-state index contributed by atoms with van der Waals surface area (Å²) in [6.45, 7) is 4.03. The van der Waals surface area contributed by atoms with Crippen molar-refractivity contribution in [2.24, 2.45) is 0 Å². The normalized spacial score (nSPS) is 12.4. The molecule has 90 valence electrons. The lowest BCUT2D eigenvalue weighted by molar-refractivity contribution is 0.259. The van der Waals surface area contributed by atoms with Crippen LogP contribution in [0.5, 0.6) is 5.75 Å². The van der Waals surface area contributed by atoms with Crippen LogP contribution in [0.1, 0.15) is 29.6 Å². The van der Waals surface area contributed by atoms with Crippen LogP contribution in [0.4, 0.5) is 0 Å². The standard InChI is InChI=1S/C12H13ClN2O2/c1-8-4-3-5-10(6-8)16-7-11-14-15-12(17-11)9(2)13/h3-6,9H,7H2,1-2H3. The monoisotopic (exact) mass is 252 g/mol. The van der Waals surface area contributed by atoms with Gasteiger partial charge in [-0.2, -0.15) is 0 Å². The molecule has 2 rings (SSSR count). The molecule has 5 heteroatoms. The van der Waals surface area contributed by atoms with Gasteiger partial charge in [-0.1, -0.05) is 12.1 Å². The molecule has 0 aliphatic rings. The van der Waals surface area contributed by atoms with Crippen LogP contribution in [0.2, 0.25) is 0 Å². The van der Waals surface area contributed by atoms with Crippen molar-refractivity contribution in [1.29, 1.82) is 0 Å². The van der Waals surface area contributed by atoms with E-state index >= 15 is 0 Å². The molecule has 2 aromatic rings. The maximum Gasteiger partial charge on any atom is 0.253 e. The molecule has 0 fully saturated rings. The van der Waals surface area contributed by atoms with Gasteiger partial charge < -0.3 is 9.15 Å². The zero-order chi connectivity index (χ0) is 12.3. The van der Waals surface area contributed by atoms with E-state index in [4.69, 9.17) is 20.8 Å². The molecule has 0 N–H and O–H groups in total. The van der Waals surface area contributed by atoms with Crippen LogP contribution < -0.4 is 4.74 Å². The second kappa shape index (κ2) is 5.19. The van der Waals surface area contributed by atoms with Gasteiger partial charge in [0, 0.05) is 0 Å². The number of halogens is 1. The molecule has 4 nitrogen and oxygen atoms in total. The molecule has 1 aromatic heterocycles. The fourth-order valence-electron chi connectivity index (χ4n) is 1.34. The van der Waals surface area contributed by atoms with E-state index in [1.165, 1.54) is 0 Å². The molecule has 0 radical (unpaired) electrons. The third kappa shape index (κ3) is 3.20. The molecule has 0 bridgehead atoms. The molecule has 1 unspecified atom stereocenters. The van der Waals surface area contributed by atoms with E-state index in [0.29, 0.717) is 11.8 Å². The van der Waals surface area contributed by atoms with Crippen molar-refractivity contribution in [3.63, 3.8) is 0 Å². The molecule has 0 spiro atoms. The number of rotatable bonds is 4. The van der Waals surface area contributed by atoms with Gasteiger partial charge in [-0.05, 0) is 31.5 Å². The predicted octanol–water partition coefficient (Wildman–Crippen LogP) is 3.26. The van der Waals surface area contributed by atoms with Crippen molar-refractivity contribution in [3.8, 4) is 5.75 Å². The van der Waals surface area contributed by atoms with Gasteiger partial charge in [0.1, 0.15) is 11.1 Å². The smallest absolute Gasteiger partial charge is 0.253 e. The predicted molar refractivity (Wildman–Crippen MR) is 64.1 cm³/mol. The molecule has 0 amide bonds. The largest absolute Gasteiger partial charge is 0.484 e. The topological polar surface area (TPSA) is 48.2 Å². The highest BCUT2D eigenvalue weighted by Gasteiger charge is 2.11. The molecular formula is C12H13ClN2O2. The van der Waals surface area contributed by atoms with Gasteiger partial charge in [0.25, 0.3) is 5.89 Å². The molecule has 0 aliphatic carbocycles. The van der Waals surface area contributed by atoms with E-state index in [0.717, 1.165) is 11.3 Å². The number of benzene rings is 1. The third-order valence-electron chi connectivity index (χ3n) is 2.17. The molecule has 1 heterocycles. The zero-order valence-electron chi connectivity index (χ0n) is 9.68. The van der Waals surface area contributed by atoms with E-state index in [2.05, 4.69) is 10.2 Å². The van der Waals surface area contributed by atoms with Gasteiger partial charge in [-0.25, -0.2) is 0 Å². The highest BCUT2D eigenvalue weighted by Crippen LogP contribution is 2.18. The Kier molecular flexibility index (Phi) is 3.64. The fraction of sp³-hybridized carbons (Fsp3) is 0.333. The Balaban J connectivity index is 1.97. The molecule has 0 saturated heterocycles. The Morgan fingerprint density at radius 1 is 1.41 bits per heavy atom. The number of hydrogen-bond donors (Lipinski definition) is 0. The van der Waals surface area contributed by atoms with Crippen molar-refractivity contribution in [3.05, 3.63) is 41.6 Å². The number of alkyl halides is 1. The van der Waals surface area contributed by atoms with Crippen LogP contribution in [-0.2, 0) is 6.61 Å². The van der Waals surface area contributed by atoms with Crippen molar-refractivity contribution >= 4 is 11.6 Å². The van der Waals surface area contributed by atoms with Crippen LogP contribution >= 0.6 is 11.6 Å². The first kappa shape index (κ1) is 11.9. The van der Waals surface area contributed by atoms with Gasteiger partial charge in [-0.15, -0.1) is 21.8 Å². The molecule has 0 saturated carbocycles. The second-order valence-corrected chi connectivity index (χ2v) is 4.41. The summed E-state index contributed by atoms with van der Waals surface area (Å²) in [6, 6.07) is 7.77. The second-order valence-electron chi connectivity index (χ2n) is 3.76. The highest BCUT2D eigenvalue weighted by molar-refractivity contribution is 6.20. The lowest BCUT2D eigenvalue weighted by Gasteiger charge is -2.03. The Hall–Kier alpha value is -1.55. The fourth-order valence-corrected chi connectivity index (χ4v) is 1.42. The van der Waals surface area contributed by atoms with E-state index in [-0.39, 0.29) is 12.0 Å². The number of aromatic nitrogens is 2. The van der Waals surface area contributed by atoms with Crippen LogP contribution in [0.3, 0.4) is 0 Å². The number of ether oxygens (including phenoxy) is 1. The summed E-state index contributed by atoms with van der Waals surface area (Å²) in [5, 5.41) is 7.38. The average molecular weight is 253 g/mol. The lowest BCUT2D eigenvalue weighted by atomic mass is 10.2. The van der Waals surface area contributed by atoms with Crippen LogP contribution in [0.25, 0.3) is 0 Å². The first-order chi connectivity index (χ1) is 8.15. The number of aryl methyl sites for hydroxylation is 1. The third-order valence-corrected chi connectivity index (χ3v) is 2.36. The summed E-state index contributed by atoms with van der Waals surface area (Å²) in [5.41, 5.74) is 1.14. The number of hydrogen-bond acceptors (Lipinski definition) is 4. The van der Waals surface area contributed by atoms with Crippen molar-refractivity contribution < 1.29 is 9.15 Å². The van der Waals surface area contributed by atoms with Gasteiger partial charge in [0.15, 0.2) is 6.61 Å². The summed E-state index contributed by atoms with van der Waals surface area (Å²) in [4.78, 5) is 0. The minimum absolute atomic E-state index is 0.250. The van der Waals surface area contributed by atoms with Gasteiger partial charge in [0.2, 0.25) is 5.89 Å². The maximum atomic E-state index is 5.82. The van der Waals surface area contributed by atoms with Crippen LogP contribution in [0, 0.1) is 6.92 Å². The molecule has 1 atom stereocenters. The van der Waals surface area contributed by atoms with E-state index in [9.17, 15) is 0 Å². The summed E-state index contributed by atoms with van der Waals surface area (Å²) in [5.74, 6) is 1.62. The Morgan fingerprint density at radius 3 is 2.88 bits per heavy atom. The summed E-state index contributed by atoms with van der Waals surface area (Å²) >= 11 is 5.82. The van der Waals surface area contributed by atoms with E-state index in [1.807, 2.05) is 31.2 Å². The van der Waals surface area contributed by atoms with Gasteiger partial charge in [-0.3, -0.25) is 0 Å². The molecule has 1 aromatic carbocycles. The Bertz CT molecular complexity index is 497. The molecular weight excluding hydrogens is 240 g/mol. The van der Waals surface area contributed by atoms with Crippen molar-refractivity contribution in [2.45, 2.75) is 25.8 Å². The molecule has 17 heavy (non-hydrogen) atoms. The molecule has 0 aliphatic heterocycles. The first-order valence-corrected chi connectivity index (χ1v) is 5.74. The first-order valence-electron chi connectivity index (χ1n) is 5.31. The highest BCUT2D eigenvalue weighted by atomic mass is 35.5. The van der Waals surface area contributed by atoms with Crippen LogP contribution in [-0.4, -0.2) is 10.2 Å². The summed E-state index contributed by atoms with van der Waals surface area (Å²) in [6.07, 6.45) is 0. The van der Waals surface area contributed by atoms with E-state index in [1.54, 1.807) is 6.92 Å². The Labute approximate surface area is 105 Å². The van der Waals surface area contributed by atoms with Gasteiger partial charge >= 0.3 is 0 Å². The quantitative estimate of drug-likeness (QED) is 0.784. The average Bonchev–Trinajstić information content (AvgIpc) is 2.75. The van der Waals surface area contributed by atoms with Crippen molar-refractivity contribution in [1.82, 2.24) is 10.2 Å². The zero-order valence-corrected chi connectivity index (χ0v) is 10.4. The minimum Gasteiger partial charge on any atom is -0.484 e. The Morgan fingerprint density at radius 2 is 2.24 bits per heavy atom. The summed E-state index contributed by atoms with van der Waals surface area (Å²) in [7, 11) is 0. The van der Waals surface area contributed by atoms with E-state index < -0.39 is 0 Å². The SMILES string of the molecule is Cc1cccc(OCc2nnc(C(C)Cl)o2)c1. The number of nitrogens with zero attached hydrogens (tertiary/aromatic N) is 2. The van der Waals surface area contributed by atoms with Crippen LogP contribution in [0.15, 0.2) is 28.7 Å². The maximum absolute atomic E-state index is 5.82.